The molecule has 1 saturated heterocycles. The molecule has 2 aromatic rings. The molecule has 1 aliphatic rings. The quantitative estimate of drug-likeness (QED) is 0.810. The van der Waals surface area contributed by atoms with Crippen LogP contribution in [0.5, 0.6) is 0 Å². The Hall–Kier alpha value is -2.40. The van der Waals surface area contributed by atoms with E-state index in [4.69, 9.17) is 0 Å². The first-order chi connectivity index (χ1) is 12.3. The standard InChI is InChI=1S/C20H26N4O/c1-2-23(16-18-8-4-3-5-9-18)20(25)17-22-12-14-24(15-13-22)19-10-6-7-11-21-19/h3-11H,2,12-17H2,1H3. The van der Waals surface area contributed by atoms with Gasteiger partial charge in [0, 0.05) is 45.5 Å². The van der Waals surface area contributed by atoms with Gasteiger partial charge in [-0.1, -0.05) is 36.4 Å². The molecule has 0 aliphatic carbocycles. The predicted molar refractivity (Wildman–Crippen MR) is 100 cm³/mol. The zero-order valence-corrected chi connectivity index (χ0v) is 14.8. The number of nitrogens with zero attached hydrogens (tertiary/aromatic N) is 4. The number of hydrogen-bond acceptors (Lipinski definition) is 4. The van der Waals surface area contributed by atoms with E-state index in [0.717, 1.165) is 38.5 Å². The van der Waals surface area contributed by atoms with Crippen LogP contribution in [-0.4, -0.2) is 60.0 Å². The molecule has 0 saturated carbocycles. The van der Waals surface area contributed by atoms with E-state index >= 15 is 0 Å². The largest absolute Gasteiger partial charge is 0.354 e. The van der Waals surface area contributed by atoms with Gasteiger partial charge in [0.25, 0.3) is 0 Å². The number of anilines is 1. The van der Waals surface area contributed by atoms with Crippen molar-refractivity contribution in [2.45, 2.75) is 13.5 Å². The van der Waals surface area contributed by atoms with Crippen LogP contribution in [0.2, 0.25) is 0 Å². The number of likely N-dealkylation sites (N-methyl/N-ethyl adjacent to an activating group) is 1. The highest BCUT2D eigenvalue weighted by Crippen LogP contribution is 2.13. The number of hydrogen-bond donors (Lipinski definition) is 0. The van der Waals surface area contributed by atoms with E-state index in [1.807, 2.05) is 54.4 Å². The van der Waals surface area contributed by atoms with E-state index in [1.54, 1.807) is 0 Å². The molecule has 2 heterocycles. The molecule has 3 rings (SSSR count). The van der Waals surface area contributed by atoms with Crippen molar-refractivity contribution in [1.29, 1.82) is 0 Å². The Morgan fingerprint density at radius 3 is 2.40 bits per heavy atom. The smallest absolute Gasteiger partial charge is 0.237 e. The lowest BCUT2D eigenvalue weighted by Crippen LogP contribution is -2.50. The van der Waals surface area contributed by atoms with Crippen LogP contribution in [0.25, 0.3) is 0 Å². The first-order valence-corrected chi connectivity index (χ1v) is 8.96. The molecule has 0 bridgehead atoms. The fourth-order valence-corrected chi connectivity index (χ4v) is 3.15. The highest BCUT2D eigenvalue weighted by atomic mass is 16.2. The van der Waals surface area contributed by atoms with Crippen molar-refractivity contribution in [3.8, 4) is 0 Å². The van der Waals surface area contributed by atoms with Gasteiger partial charge in [-0.05, 0) is 24.6 Å². The van der Waals surface area contributed by atoms with E-state index in [2.05, 4.69) is 26.9 Å². The van der Waals surface area contributed by atoms with Crippen molar-refractivity contribution >= 4 is 11.7 Å². The number of carbonyl (C=O) groups excluding carboxylic acids is 1. The molecule has 1 aromatic carbocycles. The molecule has 1 fully saturated rings. The van der Waals surface area contributed by atoms with Gasteiger partial charge in [0.15, 0.2) is 0 Å². The summed E-state index contributed by atoms with van der Waals surface area (Å²) >= 11 is 0. The van der Waals surface area contributed by atoms with E-state index in [1.165, 1.54) is 5.56 Å². The van der Waals surface area contributed by atoms with Gasteiger partial charge in [-0.25, -0.2) is 4.98 Å². The summed E-state index contributed by atoms with van der Waals surface area (Å²) in [5.41, 5.74) is 1.18. The van der Waals surface area contributed by atoms with Gasteiger partial charge in [-0.2, -0.15) is 0 Å². The Kier molecular flexibility index (Phi) is 6.01. The highest BCUT2D eigenvalue weighted by Gasteiger charge is 2.21. The molecular weight excluding hydrogens is 312 g/mol. The summed E-state index contributed by atoms with van der Waals surface area (Å²) in [5, 5.41) is 0. The summed E-state index contributed by atoms with van der Waals surface area (Å²) in [7, 11) is 0. The van der Waals surface area contributed by atoms with Crippen LogP contribution in [0, 0.1) is 0 Å². The Morgan fingerprint density at radius 2 is 1.76 bits per heavy atom. The summed E-state index contributed by atoms with van der Waals surface area (Å²) < 4.78 is 0. The number of rotatable bonds is 6. The number of carbonyl (C=O) groups is 1. The van der Waals surface area contributed by atoms with Crippen LogP contribution in [0.15, 0.2) is 54.7 Å². The van der Waals surface area contributed by atoms with Gasteiger partial charge in [0.2, 0.25) is 5.91 Å². The molecule has 0 radical (unpaired) electrons. The Balaban J connectivity index is 1.49. The third kappa shape index (κ3) is 4.79. The van der Waals surface area contributed by atoms with E-state index in [0.29, 0.717) is 13.1 Å². The van der Waals surface area contributed by atoms with Crippen molar-refractivity contribution in [3.63, 3.8) is 0 Å². The normalized spacial score (nSPS) is 15.2. The van der Waals surface area contributed by atoms with Gasteiger partial charge >= 0.3 is 0 Å². The van der Waals surface area contributed by atoms with Crippen molar-refractivity contribution in [3.05, 3.63) is 60.3 Å². The SMILES string of the molecule is CCN(Cc1ccccc1)C(=O)CN1CCN(c2ccccn2)CC1. The Bertz CT molecular complexity index is 654. The topological polar surface area (TPSA) is 39.7 Å². The lowest BCUT2D eigenvalue weighted by molar-refractivity contribution is -0.132. The lowest BCUT2D eigenvalue weighted by atomic mass is 10.2. The van der Waals surface area contributed by atoms with Crippen molar-refractivity contribution in [2.75, 3.05) is 44.2 Å². The van der Waals surface area contributed by atoms with Gasteiger partial charge in [0.1, 0.15) is 5.82 Å². The second kappa shape index (κ2) is 8.62. The maximum Gasteiger partial charge on any atom is 0.237 e. The molecule has 0 N–H and O–H groups in total. The van der Waals surface area contributed by atoms with Crippen LogP contribution in [0.3, 0.4) is 0 Å². The summed E-state index contributed by atoms with van der Waals surface area (Å²) in [4.78, 5) is 23.5. The minimum absolute atomic E-state index is 0.206. The minimum Gasteiger partial charge on any atom is -0.354 e. The Labute approximate surface area is 149 Å². The molecule has 132 valence electrons. The van der Waals surface area contributed by atoms with Crippen molar-refractivity contribution < 1.29 is 4.79 Å². The molecule has 0 unspecified atom stereocenters. The third-order valence-electron chi connectivity index (χ3n) is 4.66. The van der Waals surface area contributed by atoms with Crippen LogP contribution < -0.4 is 4.90 Å². The van der Waals surface area contributed by atoms with Gasteiger partial charge < -0.3 is 9.80 Å². The molecule has 0 atom stereocenters. The summed E-state index contributed by atoms with van der Waals surface area (Å²) in [6, 6.07) is 16.2. The molecule has 0 spiro atoms. The summed E-state index contributed by atoms with van der Waals surface area (Å²) in [6.07, 6.45) is 1.83. The second-order valence-electron chi connectivity index (χ2n) is 6.34. The minimum atomic E-state index is 0.206. The second-order valence-corrected chi connectivity index (χ2v) is 6.34. The predicted octanol–water partition coefficient (Wildman–Crippen LogP) is 2.25. The fourth-order valence-electron chi connectivity index (χ4n) is 3.15. The molecule has 25 heavy (non-hydrogen) atoms. The molecule has 5 heteroatoms. The van der Waals surface area contributed by atoms with Gasteiger partial charge in [0.05, 0.1) is 6.54 Å². The number of aromatic nitrogens is 1. The highest BCUT2D eigenvalue weighted by molar-refractivity contribution is 5.78. The molecule has 1 aliphatic heterocycles. The molecule has 1 amide bonds. The average molecular weight is 338 g/mol. The molecule has 1 aromatic heterocycles. The van der Waals surface area contributed by atoms with E-state index in [-0.39, 0.29) is 5.91 Å². The zero-order valence-electron chi connectivity index (χ0n) is 14.8. The maximum absolute atomic E-state index is 12.7. The maximum atomic E-state index is 12.7. The first-order valence-electron chi connectivity index (χ1n) is 8.96. The van der Waals surface area contributed by atoms with Crippen LogP contribution in [0.4, 0.5) is 5.82 Å². The van der Waals surface area contributed by atoms with Crippen molar-refractivity contribution in [2.24, 2.45) is 0 Å². The van der Waals surface area contributed by atoms with E-state index in [9.17, 15) is 4.79 Å². The number of pyridine rings is 1. The van der Waals surface area contributed by atoms with Crippen LogP contribution in [0.1, 0.15) is 12.5 Å². The number of piperazine rings is 1. The summed E-state index contributed by atoms with van der Waals surface area (Å²) in [6.45, 7) is 7.57. The number of benzene rings is 1. The van der Waals surface area contributed by atoms with Crippen molar-refractivity contribution in [1.82, 2.24) is 14.8 Å². The third-order valence-corrected chi connectivity index (χ3v) is 4.66. The van der Waals surface area contributed by atoms with Gasteiger partial charge in [-0.3, -0.25) is 9.69 Å². The van der Waals surface area contributed by atoms with Crippen LogP contribution >= 0.6 is 0 Å². The molecule has 5 nitrogen and oxygen atoms in total. The monoisotopic (exact) mass is 338 g/mol. The fraction of sp³-hybridized carbons (Fsp3) is 0.400. The zero-order chi connectivity index (χ0) is 17.5. The van der Waals surface area contributed by atoms with Crippen LogP contribution in [-0.2, 0) is 11.3 Å². The van der Waals surface area contributed by atoms with Gasteiger partial charge in [-0.15, -0.1) is 0 Å². The average Bonchev–Trinajstić information content (AvgIpc) is 2.68. The first kappa shape index (κ1) is 17.4. The summed E-state index contributed by atoms with van der Waals surface area (Å²) in [5.74, 6) is 1.23. The lowest BCUT2D eigenvalue weighted by Gasteiger charge is -2.35. The number of amides is 1. The molecular formula is C20H26N4O. The van der Waals surface area contributed by atoms with E-state index < -0.39 is 0 Å². The Morgan fingerprint density at radius 1 is 1.04 bits per heavy atom.